The number of hydrogen-bond acceptors (Lipinski definition) is 3. The van der Waals surface area contributed by atoms with Gasteiger partial charge in [0.05, 0.1) is 0 Å². The van der Waals surface area contributed by atoms with Crippen molar-refractivity contribution in [2.24, 2.45) is 11.8 Å². The highest BCUT2D eigenvalue weighted by Gasteiger charge is 2.19. The Hall–Kier alpha value is -0.120. The van der Waals surface area contributed by atoms with Crippen molar-refractivity contribution in [3.63, 3.8) is 0 Å². The van der Waals surface area contributed by atoms with E-state index in [2.05, 4.69) is 31.0 Å². The zero-order chi connectivity index (χ0) is 12.0. The van der Waals surface area contributed by atoms with E-state index in [0.29, 0.717) is 18.6 Å². The molecular weight excluding hydrogens is 200 g/mol. The first-order chi connectivity index (χ1) is 7.63. The second kappa shape index (κ2) is 7.25. The molecule has 1 aliphatic rings. The Morgan fingerprint density at radius 1 is 1.38 bits per heavy atom. The van der Waals surface area contributed by atoms with E-state index in [1.165, 1.54) is 25.9 Å². The maximum atomic E-state index is 9.13. The summed E-state index contributed by atoms with van der Waals surface area (Å²) < 4.78 is 0. The van der Waals surface area contributed by atoms with Crippen LogP contribution in [-0.4, -0.2) is 48.8 Å². The highest BCUT2D eigenvalue weighted by atomic mass is 16.3. The van der Waals surface area contributed by atoms with Gasteiger partial charge in [0.25, 0.3) is 0 Å². The summed E-state index contributed by atoms with van der Waals surface area (Å²) in [5, 5.41) is 12.6. The standard InChI is InChI=1S/C13H28N2O/c1-11(2)15(8-12(3)10-16)9-13-5-4-6-14-7-13/h11-14,16H,4-10H2,1-3H3. The number of nitrogens with zero attached hydrogens (tertiary/aromatic N) is 1. The Kier molecular flexibility index (Phi) is 6.32. The zero-order valence-corrected chi connectivity index (χ0v) is 11.1. The van der Waals surface area contributed by atoms with Crippen LogP contribution >= 0.6 is 0 Å². The van der Waals surface area contributed by atoms with Gasteiger partial charge in [0, 0.05) is 25.7 Å². The number of aliphatic hydroxyl groups excluding tert-OH is 1. The predicted octanol–water partition coefficient (Wildman–Crippen LogP) is 1.32. The Morgan fingerprint density at radius 2 is 2.12 bits per heavy atom. The molecule has 1 heterocycles. The number of nitrogens with one attached hydrogen (secondary N) is 1. The van der Waals surface area contributed by atoms with Crippen LogP contribution in [0.15, 0.2) is 0 Å². The summed E-state index contributed by atoms with van der Waals surface area (Å²) in [6.07, 6.45) is 2.66. The van der Waals surface area contributed by atoms with Crippen LogP contribution in [0.25, 0.3) is 0 Å². The first-order valence-corrected chi connectivity index (χ1v) is 6.69. The van der Waals surface area contributed by atoms with Gasteiger partial charge in [0.15, 0.2) is 0 Å². The van der Waals surface area contributed by atoms with Crippen LogP contribution in [0.5, 0.6) is 0 Å². The average molecular weight is 228 g/mol. The lowest BCUT2D eigenvalue weighted by Gasteiger charge is -2.34. The molecule has 0 radical (unpaired) electrons. The van der Waals surface area contributed by atoms with Crippen LogP contribution in [0.2, 0.25) is 0 Å². The maximum absolute atomic E-state index is 9.13. The number of aliphatic hydroxyl groups is 1. The molecule has 0 aromatic rings. The van der Waals surface area contributed by atoms with Gasteiger partial charge in [-0.15, -0.1) is 0 Å². The van der Waals surface area contributed by atoms with E-state index >= 15 is 0 Å². The molecule has 2 atom stereocenters. The Labute approximate surface area is 100 Å². The molecule has 3 heteroatoms. The van der Waals surface area contributed by atoms with Crippen molar-refractivity contribution in [2.45, 2.75) is 39.7 Å². The summed E-state index contributed by atoms with van der Waals surface area (Å²) in [4.78, 5) is 2.51. The quantitative estimate of drug-likeness (QED) is 0.720. The molecule has 0 aromatic carbocycles. The molecule has 16 heavy (non-hydrogen) atoms. The average Bonchev–Trinajstić information content (AvgIpc) is 2.29. The van der Waals surface area contributed by atoms with E-state index in [1.807, 2.05) is 0 Å². The van der Waals surface area contributed by atoms with Crippen LogP contribution in [0, 0.1) is 11.8 Å². The van der Waals surface area contributed by atoms with Gasteiger partial charge in [-0.2, -0.15) is 0 Å². The second-order valence-corrected chi connectivity index (χ2v) is 5.55. The van der Waals surface area contributed by atoms with E-state index in [0.717, 1.165) is 19.0 Å². The molecule has 0 amide bonds. The smallest absolute Gasteiger partial charge is 0.0468 e. The molecule has 3 nitrogen and oxygen atoms in total. The largest absolute Gasteiger partial charge is 0.396 e. The second-order valence-electron chi connectivity index (χ2n) is 5.55. The first-order valence-electron chi connectivity index (χ1n) is 6.69. The fourth-order valence-electron chi connectivity index (χ4n) is 2.37. The van der Waals surface area contributed by atoms with Gasteiger partial charge in [-0.3, -0.25) is 0 Å². The monoisotopic (exact) mass is 228 g/mol. The van der Waals surface area contributed by atoms with E-state index in [1.54, 1.807) is 0 Å². The van der Waals surface area contributed by atoms with Gasteiger partial charge < -0.3 is 15.3 Å². The fraction of sp³-hybridized carbons (Fsp3) is 1.00. The van der Waals surface area contributed by atoms with Crippen molar-refractivity contribution < 1.29 is 5.11 Å². The molecular formula is C13H28N2O. The van der Waals surface area contributed by atoms with Gasteiger partial charge >= 0.3 is 0 Å². The lowest BCUT2D eigenvalue weighted by atomic mass is 9.98. The van der Waals surface area contributed by atoms with E-state index in [-0.39, 0.29) is 0 Å². The van der Waals surface area contributed by atoms with Gasteiger partial charge in [-0.1, -0.05) is 6.92 Å². The van der Waals surface area contributed by atoms with Gasteiger partial charge in [0.2, 0.25) is 0 Å². The molecule has 1 saturated heterocycles. The molecule has 1 aliphatic heterocycles. The van der Waals surface area contributed by atoms with Crippen LogP contribution in [0.3, 0.4) is 0 Å². The minimum Gasteiger partial charge on any atom is -0.396 e. The minimum atomic E-state index is 0.298. The van der Waals surface area contributed by atoms with Gasteiger partial charge in [-0.25, -0.2) is 0 Å². The SMILES string of the molecule is CC(CO)CN(CC1CCCNC1)C(C)C. The summed E-state index contributed by atoms with van der Waals surface area (Å²) in [7, 11) is 0. The number of hydrogen-bond donors (Lipinski definition) is 2. The van der Waals surface area contributed by atoms with Crippen LogP contribution in [0.1, 0.15) is 33.6 Å². The summed E-state index contributed by atoms with van der Waals surface area (Å²) in [6.45, 7) is 11.5. The van der Waals surface area contributed by atoms with Crippen molar-refractivity contribution in [1.29, 1.82) is 0 Å². The molecule has 0 aromatic heterocycles. The highest BCUT2D eigenvalue weighted by Crippen LogP contribution is 2.14. The summed E-state index contributed by atoms with van der Waals surface area (Å²) in [6, 6.07) is 0.580. The van der Waals surface area contributed by atoms with Crippen LogP contribution < -0.4 is 5.32 Å². The molecule has 96 valence electrons. The van der Waals surface area contributed by atoms with E-state index in [9.17, 15) is 0 Å². The van der Waals surface area contributed by atoms with E-state index < -0.39 is 0 Å². The van der Waals surface area contributed by atoms with Gasteiger partial charge in [-0.05, 0) is 51.6 Å². The lowest BCUT2D eigenvalue weighted by molar-refractivity contribution is 0.124. The summed E-state index contributed by atoms with van der Waals surface area (Å²) in [5.74, 6) is 1.18. The van der Waals surface area contributed by atoms with Crippen molar-refractivity contribution in [1.82, 2.24) is 10.2 Å². The third-order valence-corrected chi connectivity index (χ3v) is 3.48. The summed E-state index contributed by atoms with van der Waals surface area (Å²) >= 11 is 0. The van der Waals surface area contributed by atoms with Gasteiger partial charge in [0.1, 0.15) is 0 Å². The van der Waals surface area contributed by atoms with Crippen molar-refractivity contribution in [2.75, 3.05) is 32.8 Å². The van der Waals surface area contributed by atoms with Crippen LogP contribution in [-0.2, 0) is 0 Å². The Morgan fingerprint density at radius 3 is 2.62 bits per heavy atom. The molecule has 2 unspecified atom stereocenters. The van der Waals surface area contributed by atoms with Crippen molar-refractivity contribution in [3.05, 3.63) is 0 Å². The molecule has 0 bridgehead atoms. The third kappa shape index (κ3) is 4.81. The third-order valence-electron chi connectivity index (χ3n) is 3.48. The first kappa shape index (κ1) is 13.9. The molecule has 1 fully saturated rings. The summed E-state index contributed by atoms with van der Waals surface area (Å²) in [5.41, 5.74) is 0. The normalized spacial score (nSPS) is 24.0. The van der Waals surface area contributed by atoms with E-state index in [4.69, 9.17) is 5.11 Å². The predicted molar refractivity (Wildman–Crippen MR) is 68.6 cm³/mol. The molecule has 0 aliphatic carbocycles. The maximum Gasteiger partial charge on any atom is 0.0468 e. The number of rotatable bonds is 6. The molecule has 1 rings (SSSR count). The lowest BCUT2D eigenvalue weighted by Crippen LogP contribution is -2.43. The molecule has 0 spiro atoms. The van der Waals surface area contributed by atoms with Crippen molar-refractivity contribution >= 4 is 0 Å². The number of piperidine rings is 1. The Balaban J connectivity index is 2.37. The fourth-order valence-corrected chi connectivity index (χ4v) is 2.37. The Bertz CT molecular complexity index is 179. The molecule has 0 saturated carbocycles. The highest BCUT2D eigenvalue weighted by molar-refractivity contribution is 4.75. The zero-order valence-electron chi connectivity index (χ0n) is 11.1. The van der Waals surface area contributed by atoms with Crippen LogP contribution in [0.4, 0.5) is 0 Å². The van der Waals surface area contributed by atoms with Crippen molar-refractivity contribution in [3.8, 4) is 0 Å². The topological polar surface area (TPSA) is 35.5 Å². The minimum absolute atomic E-state index is 0.298. The molecule has 2 N–H and O–H groups in total.